The highest BCUT2D eigenvalue weighted by atomic mass is 32.2. The Morgan fingerprint density at radius 1 is 1.20 bits per heavy atom. The van der Waals surface area contributed by atoms with Gasteiger partial charge >= 0.3 is 5.97 Å². The zero-order chi connectivity index (χ0) is 35.8. The number of quaternary nitrogens is 1. The van der Waals surface area contributed by atoms with Gasteiger partial charge in [0.05, 0.1) is 24.7 Å². The lowest BCUT2D eigenvalue weighted by Crippen LogP contribution is -2.70. The monoisotopic (exact) mass is 715 g/mol. The van der Waals surface area contributed by atoms with Crippen LogP contribution in [0.25, 0.3) is 5.70 Å². The van der Waals surface area contributed by atoms with Crippen LogP contribution in [0, 0.1) is 0 Å². The van der Waals surface area contributed by atoms with Crippen LogP contribution in [0.15, 0.2) is 29.1 Å². The maximum Gasteiger partial charge on any atom is 0.352 e. The summed E-state index contributed by atoms with van der Waals surface area (Å²) in [6, 6.07) is 2.27. The van der Waals surface area contributed by atoms with Crippen molar-refractivity contribution in [3.05, 3.63) is 45.7 Å². The molecule has 6 rings (SSSR count). The Labute approximate surface area is 290 Å². The standard InChI is InChI=1S/C28H32N10O7S2.C2H6/c1-28(2,26(43)44-5)45-33-19(18-8-30-27(29)47-18)23(41)31-20-24(42)37-21(22-32-34-35-36(22)3)15(12-46-25(20)37)11-38(4)9-13-6-16(39)17(40)7-14(13)10-38;1-2/h6-8,20,25H,9-12H2,1-5H3,(H4-,29,30,31,33,34,35,39,40,41);1-2H3/p+1. The fourth-order valence-electron chi connectivity index (χ4n) is 5.90. The predicted molar refractivity (Wildman–Crippen MR) is 181 cm³/mol. The SMILES string of the molecule is CC.COC(=O)C(C)(C)O/N=C(\C(=O)NC1C(=O)N2C(c3nnnn3C)=C(C[N+]3(C)Cc4cc(O)c(O)cc4C3)CSC12)c1cnc(N)s1. The van der Waals surface area contributed by atoms with Crippen LogP contribution in [0.2, 0.25) is 0 Å². The van der Waals surface area contributed by atoms with E-state index in [2.05, 4.69) is 38.0 Å². The fraction of sp³-hybridized carbons (Fsp3) is 0.467. The average Bonchev–Trinajstić information content (AvgIpc) is 3.77. The number of aromatic hydroxyl groups is 2. The molecule has 17 nitrogen and oxygen atoms in total. The first-order chi connectivity index (χ1) is 23.2. The normalized spacial score (nSPS) is 19.7. The van der Waals surface area contributed by atoms with Crippen LogP contribution < -0.4 is 11.1 Å². The number of thioether (sulfide) groups is 1. The lowest BCUT2D eigenvalue weighted by Gasteiger charge is -2.50. The number of phenols is 2. The summed E-state index contributed by atoms with van der Waals surface area (Å²) >= 11 is 2.49. The molecule has 49 heavy (non-hydrogen) atoms. The van der Waals surface area contributed by atoms with Crippen LogP contribution in [0.5, 0.6) is 11.5 Å². The van der Waals surface area contributed by atoms with E-state index in [0.29, 0.717) is 41.4 Å². The van der Waals surface area contributed by atoms with Gasteiger partial charge in [-0.25, -0.2) is 14.5 Å². The van der Waals surface area contributed by atoms with Crippen molar-refractivity contribution in [3.63, 3.8) is 0 Å². The molecule has 1 aromatic carbocycles. The molecule has 2 atom stereocenters. The van der Waals surface area contributed by atoms with E-state index < -0.39 is 28.9 Å². The summed E-state index contributed by atoms with van der Waals surface area (Å²) in [7, 11) is 4.97. The van der Waals surface area contributed by atoms with Crippen LogP contribution in [0.4, 0.5) is 5.13 Å². The molecular weight excluding hydrogens is 677 g/mol. The fourth-order valence-corrected chi connectivity index (χ4v) is 7.90. The number of anilines is 1. The van der Waals surface area contributed by atoms with Crippen LogP contribution in [-0.2, 0) is 44.1 Å². The van der Waals surface area contributed by atoms with Gasteiger partial charge in [-0.15, -0.1) is 16.9 Å². The maximum atomic E-state index is 13.8. The number of benzene rings is 1. The van der Waals surface area contributed by atoms with E-state index in [0.717, 1.165) is 28.0 Å². The third-order valence-electron chi connectivity index (χ3n) is 8.15. The van der Waals surface area contributed by atoms with E-state index >= 15 is 0 Å². The Bertz CT molecular complexity index is 1820. The molecule has 3 aliphatic heterocycles. The first-order valence-electron chi connectivity index (χ1n) is 15.3. The van der Waals surface area contributed by atoms with Crippen molar-refractivity contribution < 1.29 is 38.7 Å². The molecule has 5 N–H and O–H groups in total. The number of nitrogens with zero attached hydrogens (tertiary/aromatic N) is 8. The number of fused-ring (bicyclic) bond motifs is 2. The van der Waals surface area contributed by atoms with Crippen LogP contribution in [0.1, 0.15) is 49.5 Å². The number of hydrogen-bond donors (Lipinski definition) is 4. The first kappa shape index (κ1) is 35.6. The highest BCUT2D eigenvalue weighted by molar-refractivity contribution is 8.00. The Morgan fingerprint density at radius 2 is 1.86 bits per heavy atom. The Morgan fingerprint density at radius 3 is 2.41 bits per heavy atom. The molecule has 2 amide bonds. The molecular formula is C30H39N10O7S2+. The largest absolute Gasteiger partial charge is 0.504 e. The van der Waals surface area contributed by atoms with Crippen molar-refractivity contribution >= 4 is 57.4 Å². The summed E-state index contributed by atoms with van der Waals surface area (Å²) < 4.78 is 6.79. The van der Waals surface area contributed by atoms with Crippen molar-refractivity contribution in [2.45, 2.75) is 57.8 Å². The second-order valence-corrected chi connectivity index (χ2v) is 14.4. The third kappa shape index (κ3) is 6.77. The van der Waals surface area contributed by atoms with Gasteiger partial charge in [0.15, 0.2) is 28.2 Å². The molecule has 262 valence electrons. The minimum atomic E-state index is -1.50. The number of likely N-dealkylation sites (N-methyl/N-ethyl adjacent to an activating group) is 1. The average molecular weight is 716 g/mol. The number of esters is 1. The number of β-lactam (4-membered cyclic amide) rings is 1. The van der Waals surface area contributed by atoms with Gasteiger partial charge in [-0.05, 0) is 36.4 Å². The van der Waals surface area contributed by atoms with E-state index in [1.807, 2.05) is 13.8 Å². The number of rotatable bonds is 9. The number of phenolic OH excluding ortho intramolecular Hbond substituents is 2. The maximum absolute atomic E-state index is 13.8. The minimum Gasteiger partial charge on any atom is -0.504 e. The molecule has 0 spiro atoms. The van der Waals surface area contributed by atoms with Crippen molar-refractivity contribution in [2.75, 3.05) is 32.2 Å². The zero-order valence-electron chi connectivity index (χ0n) is 28.1. The van der Waals surface area contributed by atoms with E-state index in [1.165, 1.54) is 43.6 Å². The van der Waals surface area contributed by atoms with Crippen LogP contribution in [-0.4, -0.2) is 112 Å². The van der Waals surface area contributed by atoms with Crippen molar-refractivity contribution in [2.24, 2.45) is 12.2 Å². The number of carbonyl (C=O) groups excluding carboxylic acids is 3. The zero-order valence-corrected chi connectivity index (χ0v) is 29.8. The number of amides is 2. The van der Waals surface area contributed by atoms with Gasteiger partial charge < -0.3 is 35.3 Å². The minimum absolute atomic E-state index is 0.164. The molecule has 3 aromatic rings. The molecule has 0 radical (unpaired) electrons. The summed E-state index contributed by atoms with van der Waals surface area (Å²) in [4.78, 5) is 50.9. The smallest absolute Gasteiger partial charge is 0.352 e. The number of ether oxygens (including phenoxy) is 1. The van der Waals surface area contributed by atoms with Crippen molar-refractivity contribution in [1.29, 1.82) is 0 Å². The predicted octanol–water partition coefficient (Wildman–Crippen LogP) is 1.33. The van der Waals surface area contributed by atoms with Crippen molar-refractivity contribution in [1.82, 2.24) is 35.4 Å². The van der Waals surface area contributed by atoms with E-state index in [1.54, 1.807) is 24.1 Å². The molecule has 0 saturated carbocycles. The summed E-state index contributed by atoms with van der Waals surface area (Å²) in [5, 5.41) is 38.6. The molecule has 1 saturated heterocycles. The molecule has 1 fully saturated rings. The summed E-state index contributed by atoms with van der Waals surface area (Å²) in [6.45, 7) is 8.63. The number of hydrogen-bond acceptors (Lipinski definition) is 15. The number of nitrogens with two attached hydrogens (primary N) is 1. The third-order valence-corrected chi connectivity index (χ3v) is 10.3. The van der Waals surface area contributed by atoms with Gasteiger partial charge in [-0.2, -0.15) is 0 Å². The second-order valence-electron chi connectivity index (χ2n) is 12.2. The van der Waals surface area contributed by atoms with E-state index in [4.69, 9.17) is 15.3 Å². The number of aryl methyl sites for hydroxylation is 1. The molecule has 19 heteroatoms. The number of thiazole rings is 1. The van der Waals surface area contributed by atoms with Crippen molar-refractivity contribution in [3.8, 4) is 11.5 Å². The highest BCUT2D eigenvalue weighted by Gasteiger charge is 2.55. The van der Waals surface area contributed by atoms with Gasteiger partial charge in [0.25, 0.3) is 11.8 Å². The van der Waals surface area contributed by atoms with Crippen LogP contribution in [0.3, 0.4) is 0 Å². The Hall–Kier alpha value is -4.75. The quantitative estimate of drug-likeness (QED) is 0.0614. The summed E-state index contributed by atoms with van der Waals surface area (Å²) in [5.41, 5.74) is 7.48. The number of aromatic nitrogens is 5. The lowest BCUT2D eigenvalue weighted by molar-refractivity contribution is -0.924. The molecule has 0 bridgehead atoms. The topological polar surface area (TPSA) is 220 Å². The Kier molecular flexibility index (Phi) is 9.89. The number of carbonyl (C=O) groups is 3. The van der Waals surface area contributed by atoms with E-state index in [-0.39, 0.29) is 33.1 Å². The first-order valence-corrected chi connectivity index (χ1v) is 17.2. The summed E-state index contributed by atoms with van der Waals surface area (Å²) in [6.07, 6.45) is 1.36. The number of nitrogens with one attached hydrogen (secondary N) is 1. The number of nitrogen functional groups attached to an aromatic ring is 1. The molecule has 5 heterocycles. The number of methoxy groups -OCH3 is 1. The van der Waals surface area contributed by atoms with Gasteiger partial charge in [0.1, 0.15) is 31.0 Å². The highest BCUT2D eigenvalue weighted by Crippen LogP contribution is 2.45. The number of oxime groups is 1. The lowest BCUT2D eigenvalue weighted by atomic mass is 10.0. The van der Waals surface area contributed by atoms with E-state index in [9.17, 15) is 24.6 Å². The Balaban J connectivity index is 0.00000230. The summed E-state index contributed by atoms with van der Waals surface area (Å²) in [5.74, 6) is -1.19. The van der Waals surface area contributed by atoms with Gasteiger partial charge in [-0.1, -0.05) is 30.3 Å². The molecule has 3 aliphatic rings. The molecule has 2 aromatic heterocycles. The number of tetrazole rings is 1. The second kappa shape index (κ2) is 13.6. The van der Waals surface area contributed by atoms with Gasteiger partial charge in [0, 0.05) is 35.7 Å². The van der Waals surface area contributed by atoms with Gasteiger partial charge in [-0.3, -0.25) is 14.5 Å². The van der Waals surface area contributed by atoms with Crippen LogP contribution >= 0.6 is 23.1 Å². The van der Waals surface area contributed by atoms with Gasteiger partial charge in [0.2, 0.25) is 5.60 Å². The molecule has 0 aliphatic carbocycles. The molecule has 2 unspecified atom stereocenters.